The predicted octanol–water partition coefficient (Wildman–Crippen LogP) is 2.82. The van der Waals surface area contributed by atoms with Crippen molar-refractivity contribution in [3.63, 3.8) is 0 Å². The van der Waals surface area contributed by atoms with Crippen LogP contribution < -0.4 is 14.8 Å². The van der Waals surface area contributed by atoms with Crippen molar-refractivity contribution in [2.24, 2.45) is 0 Å². The fraction of sp³-hybridized carbons (Fsp3) is 0.263. The van der Waals surface area contributed by atoms with Crippen molar-refractivity contribution in [2.75, 3.05) is 26.1 Å². The summed E-state index contributed by atoms with van der Waals surface area (Å²) in [4.78, 5) is 23.6. The van der Waals surface area contributed by atoms with E-state index < -0.39 is 11.9 Å². The zero-order valence-corrected chi connectivity index (χ0v) is 14.3. The third-order valence-electron chi connectivity index (χ3n) is 3.49. The molecule has 0 aliphatic rings. The Kier molecular flexibility index (Phi) is 6.83. The molecular weight excluding hydrogens is 322 g/mol. The first-order valence-electron chi connectivity index (χ1n) is 7.84. The Morgan fingerprint density at radius 3 is 2.36 bits per heavy atom. The number of amides is 1. The van der Waals surface area contributed by atoms with Crippen LogP contribution in [0.4, 0.5) is 5.69 Å². The summed E-state index contributed by atoms with van der Waals surface area (Å²) in [7, 11) is 3.04. The topological polar surface area (TPSA) is 73.9 Å². The molecule has 0 radical (unpaired) electrons. The third-order valence-corrected chi connectivity index (χ3v) is 3.49. The van der Waals surface area contributed by atoms with Gasteiger partial charge in [-0.15, -0.1) is 0 Å². The maximum Gasteiger partial charge on any atom is 0.306 e. The molecule has 0 aliphatic heterocycles. The normalized spacial score (nSPS) is 10.0. The average molecular weight is 343 g/mol. The molecule has 2 aromatic carbocycles. The summed E-state index contributed by atoms with van der Waals surface area (Å²) in [5.74, 6) is 0.236. The molecule has 0 aromatic heterocycles. The van der Waals surface area contributed by atoms with Gasteiger partial charge < -0.3 is 19.5 Å². The van der Waals surface area contributed by atoms with Gasteiger partial charge in [0.05, 0.1) is 14.2 Å². The Balaban J connectivity index is 1.77. The SMILES string of the molecule is COc1ccc(NC(=O)COC(=O)CCc2ccccc2)cc1OC. The number of carbonyl (C=O) groups is 2. The molecule has 0 fully saturated rings. The van der Waals surface area contributed by atoms with Gasteiger partial charge in [-0.1, -0.05) is 30.3 Å². The molecule has 6 heteroatoms. The lowest BCUT2D eigenvalue weighted by Crippen LogP contribution is -2.21. The van der Waals surface area contributed by atoms with E-state index in [2.05, 4.69) is 5.32 Å². The Labute approximate surface area is 146 Å². The fourth-order valence-corrected chi connectivity index (χ4v) is 2.22. The molecule has 0 heterocycles. The van der Waals surface area contributed by atoms with Gasteiger partial charge >= 0.3 is 5.97 Å². The van der Waals surface area contributed by atoms with Gasteiger partial charge in [-0.25, -0.2) is 0 Å². The molecule has 1 amide bonds. The molecule has 132 valence electrons. The first-order chi connectivity index (χ1) is 12.1. The van der Waals surface area contributed by atoms with Crippen molar-refractivity contribution in [3.8, 4) is 11.5 Å². The summed E-state index contributed by atoms with van der Waals surface area (Å²) < 4.78 is 15.3. The monoisotopic (exact) mass is 343 g/mol. The Hall–Kier alpha value is -3.02. The van der Waals surface area contributed by atoms with Crippen LogP contribution in [0.1, 0.15) is 12.0 Å². The van der Waals surface area contributed by atoms with Gasteiger partial charge in [0.2, 0.25) is 0 Å². The van der Waals surface area contributed by atoms with Crippen LogP contribution in [0.25, 0.3) is 0 Å². The van der Waals surface area contributed by atoms with Crippen LogP contribution in [-0.2, 0) is 20.7 Å². The number of methoxy groups -OCH3 is 2. The van der Waals surface area contributed by atoms with E-state index in [1.165, 1.54) is 14.2 Å². The second kappa shape index (κ2) is 9.32. The number of hydrogen-bond acceptors (Lipinski definition) is 5. The van der Waals surface area contributed by atoms with Crippen LogP contribution in [-0.4, -0.2) is 32.7 Å². The predicted molar refractivity (Wildman–Crippen MR) is 93.9 cm³/mol. The quantitative estimate of drug-likeness (QED) is 0.746. The van der Waals surface area contributed by atoms with Crippen LogP contribution in [0.5, 0.6) is 11.5 Å². The molecule has 2 rings (SSSR count). The van der Waals surface area contributed by atoms with E-state index in [4.69, 9.17) is 14.2 Å². The van der Waals surface area contributed by atoms with Gasteiger partial charge in [0.1, 0.15) is 0 Å². The Bertz CT molecular complexity index is 715. The highest BCUT2D eigenvalue weighted by Gasteiger charge is 2.10. The van der Waals surface area contributed by atoms with Crippen molar-refractivity contribution in [2.45, 2.75) is 12.8 Å². The number of hydrogen-bond donors (Lipinski definition) is 1. The van der Waals surface area contributed by atoms with E-state index in [0.717, 1.165) is 5.56 Å². The van der Waals surface area contributed by atoms with E-state index in [1.807, 2.05) is 30.3 Å². The molecule has 0 saturated carbocycles. The van der Waals surface area contributed by atoms with Gasteiger partial charge in [-0.2, -0.15) is 0 Å². The molecule has 25 heavy (non-hydrogen) atoms. The first kappa shape index (κ1) is 18.3. The van der Waals surface area contributed by atoms with Crippen molar-refractivity contribution in [1.29, 1.82) is 0 Å². The number of benzene rings is 2. The lowest BCUT2D eigenvalue weighted by molar-refractivity contribution is -0.147. The van der Waals surface area contributed by atoms with Crippen molar-refractivity contribution >= 4 is 17.6 Å². The van der Waals surface area contributed by atoms with Crippen molar-refractivity contribution in [1.82, 2.24) is 0 Å². The minimum Gasteiger partial charge on any atom is -0.493 e. The lowest BCUT2D eigenvalue weighted by Gasteiger charge is -2.10. The number of anilines is 1. The number of carbonyl (C=O) groups excluding carboxylic acids is 2. The number of rotatable bonds is 8. The highest BCUT2D eigenvalue weighted by Crippen LogP contribution is 2.29. The molecule has 2 aromatic rings. The number of ether oxygens (including phenoxy) is 3. The zero-order valence-electron chi connectivity index (χ0n) is 14.3. The molecule has 1 N–H and O–H groups in total. The van der Waals surface area contributed by atoms with E-state index in [0.29, 0.717) is 23.6 Å². The lowest BCUT2D eigenvalue weighted by atomic mass is 10.1. The minimum absolute atomic E-state index is 0.230. The molecule has 6 nitrogen and oxygen atoms in total. The number of aryl methyl sites for hydroxylation is 1. The second-order valence-corrected chi connectivity index (χ2v) is 5.26. The van der Waals surface area contributed by atoms with Gasteiger partial charge in [-0.05, 0) is 24.1 Å². The van der Waals surface area contributed by atoms with Gasteiger partial charge in [-0.3, -0.25) is 9.59 Å². The van der Waals surface area contributed by atoms with Crippen LogP contribution in [0.15, 0.2) is 48.5 Å². The van der Waals surface area contributed by atoms with E-state index in [1.54, 1.807) is 18.2 Å². The summed E-state index contributed by atoms with van der Waals surface area (Å²) >= 11 is 0. The molecule has 0 spiro atoms. The minimum atomic E-state index is -0.416. The van der Waals surface area contributed by atoms with Crippen LogP contribution in [0, 0.1) is 0 Å². The highest BCUT2D eigenvalue weighted by molar-refractivity contribution is 5.93. The largest absolute Gasteiger partial charge is 0.493 e. The second-order valence-electron chi connectivity index (χ2n) is 5.26. The van der Waals surface area contributed by atoms with E-state index >= 15 is 0 Å². The highest BCUT2D eigenvalue weighted by atomic mass is 16.5. The first-order valence-corrected chi connectivity index (χ1v) is 7.84. The van der Waals surface area contributed by atoms with E-state index in [-0.39, 0.29) is 13.0 Å². The van der Waals surface area contributed by atoms with Crippen LogP contribution in [0.3, 0.4) is 0 Å². The molecular formula is C19H21NO5. The molecule has 0 unspecified atom stereocenters. The fourth-order valence-electron chi connectivity index (χ4n) is 2.22. The van der Waals surface area contributed by atoms with Gasteiger partial charge in [0.25, 0.3) is 5.91 Å². The van der Waals surface area contributed by atoms with Crippen LogP contribution in [0.2, 0.25) is 0 Å². The molecule has 0 saturated heterocycles. The molecule has 0 aliphatic carbocycles. The maximum atomic E-state index is 11.9. The van der Waals surface area contributed by atoms with Crippen molar-refractivity contribution in [3.05, 3.63) is 54.1 Å². The number of nitrogens with one attached hydrogen (secondary N) is 1. The molecule has 0 bridgehead atoms. The third kappa shape index (κ3) is 5.84. The Morgan fingerprint density at radius 1 is 0.960 bits per heavy atom. The summed E-state index contributed by atoms with van der Waals surface area (Å²) in [5, 5.41) is 2.65. The summed E-state index contributed by atoms with van der Waals surface area (Å²) in [6, 6.07) is 14.6. The average Bonchev–Trinajstić information content (AvgIpc) is 2.65. The summed E-state index contributed by atoms with van der Waals surface area (Å²) in [5.41, 5.74) is 1.58. The smallest absolute Gasteiger partial charge is 0.306 e. The summed E-state index contributed by atoms with van der Waals surface area (Å²) in [6.45, 7) is -0.331. The van der Waals surface area contributed by atoms with E-state index in [9.17, 15) is 9.59 Å². The standard InChI is InChI=1S/C19H21NO5/c1-23-16-10-9-15(12-17(16)24-2)20-18(21)13-25-19(22)11-8-14-6-4-3-5-7-14/h3-7,9-10,12H,8,11,13H2,1-2H3,(H,20,21). The van der Waals surface area contributed by atoms with Gasteiger partial charge in [0, 0.05) is 18.2 Å². The molecule has 0 atom stereocenters. The van der Waals surface area contributed by atoms with Gasteiger partial charge in [0.15, 0.2) is 18.1 Å². The van der Waals surface area contributed by atoms with Crippen molar-refractivity contribution < 1.29 is 23.8 Å². The maximum absolute atomic E-state index is 11.9. The zero-order chi connectivity index (χ0) is 18.1. The number of esters is 1. The summed E-state index contributed by atoms with van der Waals surface area (Å²) in [6.07, 6.45) is 0.810. The van der Waals surface area contributed by atoms with Crippen LogP contribution >= 0.6 is 0 Å². The Morgan fingerprint density at radius 2 is 1.68 bits per heavy atom.